The van der Waals surface area contributed by atoms with Crippen LogP contribution >= 0.6 is 58.9 Å². The predicted molar refractivity (Wildman–Crippen MR) is 116 cm³/mol. The number of nitrogens with two attached hydrogens (primary N) is 1. The Bertz CT molecular complexity index is 568. The zero-order valence-electron chi connectivity index (χ0n) is 13.9. The molecule has 1 aromatic rings. The van der Waals surface area contributed by atoms with Crippen LogP contribution < -0.4 is 11.1 Å². The Labute approximate surface area is 175 Å². The first-order valence-corrected chi connectivity index (χ1v) is 9.58. The molecule has 0 amide bonds. The van der Waals surface area contributed by atoms with Crippen LogP contribution in [0.2, 0.25) is 10.0 Å². The summed E-state index contributed by atoms with van der Waals surface area (Å²) in [6, 6.07) is 5.41. The van der Waals surface area contributed by atoms with Crippen molar-refractivity contribution >= 4 is 64.9 Å². The number of nitrogens with zero attached hydrogens (tertiary/aromatic N) is 1. The Morgan fingerprint density at radius 3 is 2.67 bits per heavy atom. The highest BCUT2D eigenvalue weighted by Crippen LogP contribution is 2.34. The molecule has 136 valence electrons. The van der Waals surface area contributed by atoms with E-state index in [-0.39, 0.29) is 34.8 Å². The number of ether oxygens (including phenoxy) is 1. The Morgan fingerprint density at radius 2 is 2.08 bits per heavy atom. The van der Waals surface area contributed by atoms with Crippen LogP contribution in [0, 0.1) is 0 Å². The topological polar surface area (TPSA) is 59.6 Å². The summed E-state index contributed by atoms with van der Waals surface area (Å²) in [6.07, 6.45) is 4.13. The van der Waals surface area contributed by atoms with Gasteiger partial charge < -0.3 is 15.8 Å². The lowest BCUT2D eigenvalue weighted by molar-refractivity contribution is 0.0794. The monoisotopic (exact) mass is 503 g/mol. The van der Waals surface area contributed by atoms with Gasteiger partial charge in [-0.05, 0) is 43.7 Å². The molecule has 1 unspecified atom stereocenters. The number of thioether (sulfide) groups is 1. The van der Waals surface area contributed by atoms with E-state index in [4.69, 9.17) is 33.7 Å². The minimum absolute atomic E-state index is 0. The SMILES string of the molecule is CSC1(CN=C(N)NC(C)c2ccc(Cl)cc2Cl)CCOCC1.I. The molecular formula is C16H24Cl2IN3OS. The highest BCUT2D eigenvalue weighted by atomic mass is 127. The van der Waals surface area contributed by atoms with Gasteiger partial charge in [0.1, 0.15) is 0 Å². The van der Waals surface area contributed by atoms with E-state index in [1.165, 1.54) is 0 Å². The molecule has 8 heteroatoms. The van der Waals surface area contributed by atoms with Gasteiger partial charge in [0, 0.05) is 28.0 Å². The van der Waals surface area contributed by atoms with Gasteiger partial charge in [0.2, 0.25) is 0 Å². The van der Waals surface area contributed by atoms with E-state index in [0.717, 1.165) is 31.6 Å². The summed E-state index contributed by atoms with van der Waals surface area (Å²) < 4.78 is 5.58. The molecule has 2 rings (SSSR count). The van der Waals surface area contributed by atoms with Crippen LogP contribution in [0.4, 0.5) is 0 Å². The third kappa shape index (κ3) is 6.12. The van der Waals surface area contributed by atoms with Gasteiger partial charge in [-0.1, -0.05) is 29.3 Å². The number of nitrogens with one attached hydrogen (secondary N) is 1. The Balaban J connectivity index is 0.00000288. The molecule has 0 saturated carbocycles. The van der Waals surface area contributed by atoms with Gasteiger partial charge in [0.25, 0.3) is 0 Å². The van der Waals surface area contributed by atoms with Crippen LogP contribution in [0.1, 0.15) is 31.4 Å². The van der Waals surface area contributed by atoms with Crippen LogP contribution in [0.25, 0.3) is 0 Å². The van der Waals surface area contributed by atoms with E-state index in [1.807, 2.05) is 30.8 Å². The molecule has 3 N–H and O–H groups in total. The van der Waals surface area contributed by atoms with Gasteiger partial charge in [-0.25, -0.2) is 0 Å². The van der Waals surface area contributed by atoms with Crippen LogP contribution in [-0.2, 0) is 4.74 Å². The summed E-state index contributed by atoms with van der Waals surface area (Å²) in [5.74, 6) is 0.434. The van der Waals surface area contributed by atoms with Gasteiger partial charge in [-0.15, -0.1) is 24.0 Å². The molecular weight excluding hydrogens is 480 g/mol. The Morgan fingerprint density at radius 1 is 1.42 bits per heavy atom. The average Bonchev–Trinajstić information content (AvgIpc) is 2.53. The fourth-order valence-corrected chi connectivity index (χ4v) is 3.94. The lowest BCUT2D eigenvalue weighted by atomic mass is 9.99. The number of guanidine groups is 1. The molecule has 0 aliphatic carbocycles. The lowest BCUT2D eigenvalue weighted by Gasteiger charge is -2.34. The highest BCUT2D eigenvalue weighted by molar-refractivity contribution is 14.0. The first-order chi connectivity index (χ1) is 11.0. The van der Waals surface area contributed by atoms with Gasteiger partial charge in [-0.2, -0.15) is 11.8 Å². The van der Waals surface area contributed by atoms with Gasteiger partial charge in [-0.3, -0.25) is 4.99 Å². The van der Waals surface area contributed by atoms with E-state index in [1.54, 1.807) is 6.07 Å². The first-order valence-electron chi connectivity index (χ1n) is 7.60. The third-order valence-corrected chi connectivity index (χ3v) is 6.13. The molecule has 0 aromatic heterocycles. The summed E-state index contributed by atoms with van der Waals surface area (Å²) in [5, 5.41) is 4.44. The second-order valence-corrected chi connectivity index (χ2v) is 7.85. The molecule has 1 fully saturated rings. The predicted octanol–water partition coefficient (Wildman–Crippen LogP) is 4.49. The normalized spacial score (nSPS) is 18.6. The summed E-state index contributed by atoms with van der Waals surface area (Å²) >= 11 is 14.0. The number of rotatable bonds is 5. The summed E-state index contributed by atoms with van der Waals surface area (Å²) in [6.45, 7) is 4.27. The smallest absolute Gasteiger partial charge is 0.189 e. The molecule has 0 spiro atoms. The van der Waals surface area contributed by atoms with Crippen molar-refractivity contribution in [1.82, 2.24) is 5.32 Å². The van der Waals surface area contributed by atoms with Gasteiger partial charge >= 0.3 is 0 Å². The van der Waals surface area contributed by atoms with Crippen LogP contribution in [0.5, 0.6) is 0 Å². The minimum Gasteiger partial charge on any atom is -0.381 e. The van der Waals surface area contributed by atoms with Crippen LogP contribution in [-0.4, -0.2) is 36.7 Å². The van der Waals surface area contributed by atoms with E-state index in [0.29, 0.717) is 22.5 Å². The van der Waals surface area contributed by atoms with Crippen molar-refractivity contribution in [2.45, 2.75) is 30.6 Å². The molecule has 1 heterocycles. The number of halogens is 3. The van der Waals surface area contributed by atoms with Crippen molar-refractivity contribution in [2.75, 3.05) is 26.0 Å². The quantitative estimate of drug-likeness (QED) is 0.353. The van der Waals surface area contributed by atoms with Crippen molar-refractivity contribution in [3.05, 3.63) is 33.8 Å². The molecule has 24 heavy (non-hydrogen) atoms. The first kappa shape index (κ1) is 22.2. The molecule has 1 aliphatic rings. The van der Waals surface area contributed by atoms with Crippen LogP contribution in [0.15, 0.2) is 23.2 Å². The van der Waals surface area contributed by atoms with E-state index in [2.05, 4.69) is 16.6 Å². The molecule has 0 bridgehead atoms. The van der Waals surface area contributed by atoms with Crippen molar-refractivity contribution in [1.29, 1.82) is 0 Å². The van der Waals surface area contributed by atoms with Crippen molar-refractivity contribution < 1.29 is 4.74 Å². The van der Waals surface area contributed by atoms with E-state index < -0.39 is 0 Å². The van der Waals surface area contributed by atoms with Crippen LogP contribution in [0.3, 0.4) is 0 Å². The summed E-state index contributed by atoms with van der Waals surface area (Å²) in [4.78, 5) is 4.54. The molecule has 1 saturated heterocycles. The molecule has 0 radical (unpaired) electrons. The fourth-order valence-electron chi connectivity index (χ4n) is 2.60. The summed E-state index contributed by atoms with van der Waals surface area (Å²) in [5.41, 5.74) is 7.00. The van der Waals surface area contributed by atoms with E-state index in [9.17, 15) is 0 Å². The van der Waals surface area contributed by atoms with Gasteiger partial charge in [0.05, 0.1) is 12.6 Å². The minimum atomic E-state index is -0.0385. The lowest BCUT2D eigenvalue weighted by Crippen LogP contribution is -2.39. The maximum atomic E-state index is 6.23. The Hall–Kier alpha value is 0.110. The third-order valence-electron chi connectivity index (χ3n) is 4.17. The number of hydrogen-bond acceptors (Lipinski definition) is 3. The standard InChI is InChI=1S/C16H23Cl2N3OS.HI/c1-11(13-4-3-12(17)9-14(13)18)21-15(19)20-10-16(23-2)5-7-22-8-6-16;/h3-4,9,11H,5-8,10H2,1-2H3,(H3,19,20,21);1H. The number of benzene rings is 1. The fraction of sp³-hybridized carbons (Fsp3) is 0.562. The summed E-state index contributed by atoms with van der Waals surface area (Å²) in [7, 11) is 0. The van der Waals surface area contributed by atoms with Gasteiger partial charge in [0.15, 0.2) is 5.96 Å². The van der Waals surface area contributed by atoms with E-state index >= 15 is 0 Å². The molecule has 1 atom stereocenters. The molecule has 1 aliphatic heterocycles. The average molecular weight is 504 g/mol. The zero-order valence-corrected chi connectivity index (χ0v) is 18.5. The highest BCUT2D eigenvalue weighted by Gasteiger charge is 2.31. The molecule has 4 nitrogen and oxygen atoms in total. The number of hydrogen-bond donors (Lipinski definition) is 2. The largest absolute Gasteiger partial charge is 0.381 e. The number of aliphatic imine (C=N–C) groups is 1. The van der Waals surface area contributed by atoms with Crippen molar-refractivity contribution in [3.8, 4) is 0 Å². The van der Waals surface area contributed by atoms with Crippen molar-refractivity contribution in [2.24, 2.45) is 10.7 Å². The second kappa shape index (κ2) is 10.3. The van der Waals surface area contributed by atoms with Crippen molar-refractivity contribution in [3.63, 3.8) is 0 Å². The second-order valence-electron chi connectivity index (χ2n) is 5.73. The molecule has 1 aromatic carbocycles. The zero-order chi connectivity index (χ0) is 16.9. The maximum Gasteiger partial charge on any atom is 0.189 e. The maximum absolute atomic E-state index is 6.23. The Kier molecular flexibility index (Phi) is 9.51.